The highest BCUT2D eigenvalue weighted by Crippen LogP contribution is 2.26. The summed E-state index contributed by atoms with van der Waals surface area (Å²) in [6.45, 7) is 6.25. The maximum atomic E-state index is 13.7. The number of hydrogen-bond donors (Lipinski definition) is 4. The van der Waals surface area contributed by atoms with Crippen LogP contribution in [0.15, 0.2) is 87.9 Å². The van der Waals surface area contributed by atoms with E-state index in [0.717, 1.165) is 24.0 Å². The topological polar surface area (TPSA) is 171 Å². The predicted molar refractivity (Wildman–Crippen MR) is 203 cm³/mol. The molecule has 0 spiro atoms. The van der Waals surface area contributed by atoms with Crippen LogP contribution in [0.25, 0.3) is 0 Å². The summed E-state index contributed by atoms with van der Waals surface area (Å²) in [6.07, 6.45) is 7.29. The molecule has 0 unspecified atom stereocenters. The first kappa shape index (κ1) is 42.6. The summed E-state index contributed by atoms with van der Waals surface area (Å²) in [4.78, 5) is 36.0. The first-order valence-corrected chi connectivity index (χ1v) is 17.6. The number of amidine groups is 1. The summed E-state index contributed by atoms with van der Waals surface area (Å²) in [7, 11) is 0. The maximum absolute atomic E-state index is 13.7. The van der Waals surface area contributed by atoms with Crippen molar-refractivity contribution in [2.75, 3.05) is 32.8 Å². The summed E-state index contributed by atoms with van der Waals surface area (Å²) >= 11 is 6.36. The molecule has 0 fully saturated rings. The van der Waals surface area contributed by atoms with Crippen LogP contribution in [0, 0.1) is 5.41 Å². The molecule has 0 radical (unpaired) electrons. The molecule has 2 aromatic rings. The molecule has 53 heavy (non-hydrogen) atoms. The highest BCUT2D eigenvalue weighted by molar-refractivity contribution is 6.32. The number of nitrogens with two attached hydrogens (primary N) is 3. The van der Waals surface area contributed by atoms with Crippen LogP contribution in [-0.2, 0) is 16.1 Å². The standard InChI is InChI=1S/C38H49ClF3N7O4/c1-26-7-4-5-8-27(10-9-26)12-18-33(50)49(19-6-20-52-32-17-11-28(22-43)21-31(32)39)24-37(2,3)23-46-34(51)29-13-15-30(16-14-29)47-35(44)48-36(45)53-25-38(40,41)42/h5,8-11,13-17,21H,4,6-7,12,18-20,22-25,43H2,1-3H3,(H,46,51)(H4,44,45,47,48). The summed E-state index contributed by atoms with van der Waals surface area (Å²) in [6, 6.07) is 10.7. The molecule has 15 heteroatoms. The zero-order valence-electron chi connectivity index (χ0n) is 30.3. The van der Waals surface area contributed by atoms with Crippen molar-refractivity contribution >= 4 is 41.1 Å². The quantitative estimate of drug-likeness (QED) is 0.0839. The van der Waals surface area contributed by atoms with Crippen LogP contribution < -0.4 is 27.3 Å². The lowest BCUT2D eigenvalue weighted by molar-refractivity contribution is -0.156. The molecule has 0 bridgehead atoms. The van der Waals surface area contributed by atoms with Gasteiger partial charge >= 0.3 is 6.18 Å². The fraction of sp³-hybridized carbons (Fsp3) is 0.421. The van der Waals surface area contributed by atoms with E-state index in [4.69, 9.17) is 33.5 Å². The normalized spacial score (nSPS) is 14.1. The SMILES string of the molecule is CC1=CC=C(CCC(=O)N(CCCOc2ccc(CN)cc2Cl)CC(C)(C)CNC(=O)c2ccc(N=C(N)N=C(N)OCC(F)(F)F)cc2)C=CCC1. The molecule has 1 aliphatic carbocycles. The Balaban J connectivity index is 1.62. The van der Waals surface area contributed by atoms with Gasteiger partial charge in [0.1, 0.15) is 5.75 Å². The third-order valence-corrected chi connectivity index (χ3v) is 8.28. The molecule has 0 aliphatic heterocycles. The second-order valence-corrected chi connectivity index (χ2v) is 13.8. The van der Waals surface area contributed by atoms with E-state index in [1.165, 1.54) is 29.8 Å². The van der Waals surface area contributed by atoms with Crippen molar-refractivity contribution in [2.45, 2.75) is 65.6 Å². The van der Waals surface area contributed by atoms with E-state index in [9.17, 15) is 22.8 Å². The van der Waals surface area contributed by atoms with E-state index in [-0.39, 0.29) is 24.0 Å². The highest BCUT2D eigenvalue weighted by Gasteiger charge is 2.29. The van der Waals surface area contributed by atoms with E-state index in [2.05, 4.69) is 51.3 Å². The Morgan fingerprint density at radius 1 is 1.08 bits per heavy atom. The molecule has 11 nitrogen and oxygen atoms in total. The number of nitrogens with zero attached hydrogens (tertiary/aromatic N) is 3. The average molecular weight is 760 g/mol. The molecule has 0 atom stereocenters. The Morgan fingerprint density at radius 3 is 2.49 bits per heavy atom. The minimum Gasteiger partial charge on any atom is -0.492 e. The van der Waals surface area contributed by atoms with Crippen molar-refractivity contribution in [2.24, 2.45) is 32.6 Å². The van der Waals surface area contributed by atoms with Gasteiger partial charge in [0.25, 0.3) is 11.9 Å². The number of halogens is 4. The van der Waals surface area contributed by atoms with Gasteiger partial charge in [-0.2, -0.15) is 18.2 Å². The van der Waals surface area contributed by atoms with Crippen molar-refractivity contribution in [3.8, 4) is 5.75 Å². The fourth-order valence-electron chi connectivity index (χ4n) is 5.17. The van der Waals surface area contributed by atoms with Crippen LogP contribution >= 0.6 is 11.6 Å². The molecule has 2 aromatic carbocycles. The van der Waals surface area contributed by atoms with Gasteiger partial charge in [0.05, 0.1) is 17.3 Å². The number of hydrogen-bond acceptors (Lipinski definition) is 6. The molecule has 2 amide bonds. The third kappa shape index (κ3) is 16.2. The van der Waals surface area contributed by atoms with E-state index in [0.29, 0.717) is 61.8 Å². The lowest BCUT2D eigenvalue weighted by Gasteiger charge is -2.33. The minimum atomic E-state index is -4.58. The zero-order chi connectivity index (χ0) is 39.0. The Hall–Kier alpha value is -4.82. The molecule has 3 rings (SSSR count). The van der Waals surface area contributed by atoms with Crippen LogP contribution in [-0.4, -0.2) is 67.7 Å². The Labute approximate surface area is 313 Å². The first-order chi connectivity index (χ1) is 25.0. The maximum Gasteiger partial charge on any atom is 0.422 e. The lowest BCUT2D eigenvalue weighted by Crippen LogP contribution is -2.45. The number of amides is 2. The molecular weight excluding hydrogens is 711 g/mol. The van der Waals surface area contributed by atoms with Crippen molar-refractivity contribution in [3.63, 3.8) is 0 Å². The molecule has 7 N–H and O–H groups in total. The van der Waals surface area contributed by atoms with E-state index >= 15 is 0 Å². The largest absolute Gasteiger partial charge is 0.492 e. The summed E-state index contributed by atoms with van der Waals surface area (Å²) in [5.41, 5.74) is 20.1. The number of carbonyl (C=O) groups excluding carboxylic acids is 2. The summed E-state index contributed by atoms with van der Waals surface area (Å²) < 4.78 is 47.1. The van der Waals surface area contributed by atoms with E-state index in [1.807, 2.05) is 24.8 Å². The smallest absolute Gasteiger partial charge is 0.422 e. The van der Waals surface area contributed by atoms with Crippen LogP contribution in [0.2, 0.25) is 5.02 Å². The van der Waals surface area contributed by atoms with Gasteiger partial charge in [0.15, 0.2) is 6.61 Å². The van der Waals surface area contributed by atoms with Crippen molar-refractivity contribution in [1.29, 1.82) is 0 Å². The number of alkyl halides is 3. The number of guanidine groups is 1. The number of benzene rings is 2. The third-order valence-electron chi connectivity index (χ3n) is 7.99. The number of nitrogens with one attached hydrogen (secondary N) is 1. The molecule has 0 aromatic heterocycles. The molecule has 0 heterocycles. The van der Waals surface area contributed by atoms with Gasteiger partial charge in [-0.15, -0.1) is 0 Å². The molecule has 1 aliphatic rings. The van der Waals surface area contributed by atoms with Gasteiger partial charge in [0.2, 0.25) is 11.9 Å². The van der Waals surface area contributed by atoms with Gasteiger partial charge in [0, 0.05) is 38.2 Å². The zero-order valence-corrected chi connectivity index (χ0v) is 31.1. The Bertz CT molecular complexity index is 1700. The van der Waals surface area contributed by atoms with Crippen molar-refractivity contribution in [1.82, 2.24) is 10.2 Å². The summed E-state index contributed by atoms with van der Waals surface area (Å²) in [5.74, 6) is -0.226. The second kappa shape index (κ2) is 20.4. The monoisotopic (exact) mass is 759 g/mol. The van der Waals surface area contributed by atoms with Gasteiger partial charge in [-0.25, -0.2) is 4.99 Å². The van der Waals surface area contributed by atoms with Crippen molar-refractivity contribution < 1.29 is 32.2 Å². The van der Waals surface area contributed by atoms with E-state index < -0.39 is 30.2 Å². The summed E-state index contributed by atoms with van der Waals surface area (Å²) in [5, 5.41) is 3.42. The van der Waals surface area contributed by atoms with Crippen molar-refractivity contribution in [3.05, 3.63) is 94.1 Å². The molecule has 288 valence electrons. The lowest BCUT2D eigenvalue weighted by atomic mass is 9.92. The van der Waals surface area contributed by atoms with Gasteiger partial charge in [-0.3, -0.25) is 9.59 Å². The van der Waals surface area contributed by atoms with Gasteiger partial charge in [-0.1, -0.05) is 61.4 Å². The number of ether oxygens (including phenoxy) is 2. The van der Waals surface area contributed by atoms with Gasteiger partial charge < -0.3 is 36.9 Å². The average Bonchev–Trinajstić information content (AvgIpc) is 3.09. The number of aliphatic imine (C=N–C) groups is 2. The second-order valence-electron chi connectivity index (χ2n) is 13.4. The van der Waals surface area contributed by atoms with Crippen LogP contribution in [0.1, 0.15) is 68.8 Å². The number of rotatable bonds is 16. The highest BCUT2D eigenvalue weighted by atomic mass is 35.5. The molecular formula is C38H49ClF3N7O4. The number of carbonyl (C=O) groups is 2. The van der Waals surface area contributed by atoms with Crippen LogP contribution in [0.4, 0.5) is 18.9 Å². The minimum absolute atomic E-state index is 0.000200. The predicted octanol–water partition coefficient (Wildman–Crippen LogP) is 6.70. The number of allylic oxidation sites excluding steroid dienone is 6. The fourth-order valence-corrected chi connectivity index (χ4v) is 5.43. The molecule has 0 saturated carbocycles. The van der Waals surface area contributed by atoms with Crippen LogP contribution in [0.5, 0.6) is 5.75 Å². The van der Waals surface area contributed by atoms with Crippen LogP contribution in [0.3, 0.4) is 0 Å². The Morgan fingerprint density at radius 2 is 1.81 bits per heavy atom. The van der Waals surface area contributed by atoms with Gasteiger partial charge in [-0.05, 0) is 85.6 Å². The Kier molecular flexibility index (Phi) is 16.4. The molecule has 0 saturated heterocycles. The first-order valence-electron chi connectivity index (χ1n) is 17.2. The van der Waals surface area contributed by atoms with E-state index in [1.54, 1.807) is 12.1 Å².